The second-order valence-corrected chi connectivity index (χ2v) is 6.25. The van der Waals surface area contributed by atoms with Gasteiger partial charge in [-0.2, -0.15) is 5.10 Å². The van der Waals surface area contributed by atoms with Crippen molar-refractivity contribution in [1.82, 2.24) is 14.7 Å². The molecule has 0 amide bonds. The maximum atomic E-state index is 14.3. The van der Waals surface area contributed by atoms with Crippen molar-refractivity contribution in [2.24, 2.45) is 0 Å². The summed E-state index contributed by atoms with van der Waals surface area (Å²) in [6.45, 7) is 1.75. The number of fused-ring (bicyclic) bond motifs is 1. The van der Waals surface area contributed by atoms with Gasteiger partial charge in [-0.15, -0.1) is 0 Å². The molecule has 1 aliphatic rings. The molecule has 0 aliphatic carbocycles. The molecule has 0 unspecified atom stereocenters. The Hall–Kier alpha value is -2.66. The lowest BCUT2D eigenvalue weighted by Crippen LogP contribution is -2.27. The van der Waals surface area contributed by atoms with Gasteiger partial charge < -0.3 is 10.6 Å². The highest BCUT2D eigenvalue weighted by Gasteiger charge is 2.25. The van der Waals surface area contributed by atoms with Gasteiger partial charge in [-0.05, 0) is 31.3 Å². The lowest BCUT2D eigenvalue weighted by atomic mass is 10.0. The van der Waals surface area contributed by atoms with Crippen molar-refractivity contribution < 1.29 is 4.39 Å². The Balaban J connectivity index is 1.92. The molecule has 2 heterocycles. The summed E-state index contributed by atoms with van der Waals surface area (Å²) in [6, 6.07) is 14.5. The fourth-order valence-electron chi connectivity index (χ4n) is 3.25. The van der Waals surface area contributed by atoms with Gasteiger partial charge in [-0.1, -0.05) is 24.3 Å². The number of benzene rings is 2. The quantitative estimate of drug-likeness (QED) is 0.737. The molecule has 0 fully saturated rings. The minimum absolute atomic E-state index is 0.259. The van der Waals surface area contributed by atoms with Gasteiger partial charge in [0.2, 0.25) is 0 Å². The van der Waals surface area contributed by atoms with Gasteiger partial charge in [0.1, 0.15) is 11.5 Å². The standard InChI is InChI=1S/C19H19FN4/c1-23-11-10-17-15(12-23)19(13-6-8-14(21)9-7-13)22-24(17)18-5-3-2-4-16(18)20/h2-9H,10-12,21H2,1H3. The molecule has 0 bridgehead atoms. The van der Waals surface area contributed by atoms with Gasteiger partial charge in [0.05, 0.1) is 11.4 Å². The molecule has 0 atom stereocenters. The summed E-state index contributed by atoms with van der Waals surface area (Å²) >= 11 is 0. The predicted octanol–water partition coefficient (Wildman–Crippen LogP) is 3.25. The van der Waals surface area contributed by atoms with Gasteiger partial charge in [-0.3, -0.25) is 0 Å². The van der Waals surface area contributed by atoms with Gasteiger partial charge in [-0.25, -0.2) is 9.07 Å². The van der Waals surface area contributed by atoms with Gasteiger partial charge >= 0.3 is 0 Å². The first-order chi connectivity index (χ1) is 11.6. The van der Waals surface area contributed by atoms with E-state index in [9.17, 15) is 4.39 Å². The van der Waals surface area contributed by atoms with Crippen LogP contribution in [-0.2, 0) is 13.0 Å². The van der Waals surface area contributed by atoms with Crippen molar-refractivity contribution in [3.05, 3.63) is 65.6 Å². The van der Waals surface area contributed by atoms with Crippen LogP contribution in [0, 0.1) is 5.82 Å². The van der Waals surface area contributed by atoms with E-state index in [1.807, 2.05) is 30.3 Å². The fourth-order valence-corrected chi connectivity index (χ4v) is 3.25. The molecule has 1 aliphatic heterocycles. The molecule has 2 aromatic carbocycles. The third-order valence-corrected chi connectivity index (χ3v) is 4.51. The molecule has 0 radical (unpaired) electrons. The van der Waals surface area contributed by atoms with E-state index < -0.39 is 0 Å². The van der Waals surface area contributed by atoms with Gasteiger partial charge in [0.15, 0.2) is 0 Å². The zero-order valence-corrected chi connectivity index (χ0v) is 13.5. The van der Waals surface area contributed by atoms with Crippen molar-refractivity contribution in [2.75, 3.05) is 19.3 Å². The first kappa shape index (κ1) is 14.9. The van der Waals surface area contributed by atoms with Crippen molar-refractivity contribution >= 4 is 5.69 Å². The van der Waals surface area contributed by atoms with Crippen LogP contribution >= 0.6 is 0 Å². The minimum Gasteiger partial charge on any atom is -0.399 e. The number of aromatic nitrogens is 2. The SMILES string of the molecule is CN1CCc2c(c(-c3ccc(N)cc3)nn2-c2ccccc2F)C1. The fraction of sp³-hybridized carbons (Fsp3) is 0.211. The normalized spacial score (nSPS) is 14.6. The number of nitrogen functional groups attached to an aromatic ring is 1. The summed E-state index contributed by atoms with van der Waals surface area (Å²) in [5.41, 5.74) is 11.2. The Morgan fingerprint density at radius 2 is 1.83 bits per heavy atom. The first-order valence-corrected chi connectivity index (χ1v) is 8.03. The summed E-state index contributed by atoms with van der Waals surface area (Å²) in [5.74, 6) is -0.259. The molecule has 4 nitrogen and oxygen atoms in total. The summed E-state index contributed by atoms with van der Waals surface area (Å²) in [5, 5.41) is 4.77. The molecule has 5 heteroatoms. The van der Waals surface area contributed by atoms with Crippen LogP contribution in [0.1, 0.15) is 11.3 Å². The smallest absolute Gasteiger partial charge is 0.148 e. The van der Waals surface area contributed by atoms with Crippen molar-refractivity contribution in [1.29, 1.82) is 0 Å². The van der Waals surface area contributed by atoms with Crippen LogP contribution in [0.15, 0.2) is 48.5 Å². The number of anilines is 1. The zero-order valence-electron chi connectivity index (χ0n) is 13.5. The molecule has 3 aromatic rings. The molecular weight excluding hydrogens is 303 g/mol. The number of hydrogen-bond donors (Lipinski definition) is 1. The topological polar surface area (TPSA) is 47.1 Å². The molecule has 2 N–H and O–H groups in total. The average molecular weight is 322 g/mol. The number of hydrogen-bond acceptors (Lipinski definition) is 3. The van der Waals surface area contributed by atoms with Crippen LogP contribution in [0.25, 0.3) is 16.9 Å². The second-order valence-electron chi connectivity index (χ2n) is 6.25. The summed E-state index contributed by atoms with van der Waals surface area (Å²) in [6.07, 6.45) is 0.849. The molecule has 0 saturated carbocycles. The maximum absolute atomic E-state index is 14.3. The Labute approximate surface area is 140 Å². The number of likely N-dealkylation sites (N-methyl/N-ethyl adjacent to an activating group) is 1. The highest BCUT2D eigenvalue weighted by molar-refractivity contribution is 5.67. The molecule has 122 valence electrons. The van der Waals surface area contributed by atoms with Crippen molar-refractivity contribution in [2.45, 2.75) is 13.0 Å². The number of nitrogens with zero attached hydrogens (tertiary/aromatic N) is 3. The number of rotatable bonds is 2. The number of nitrogens with two attached hydrogens (primary N) is 1. The monoisotopic (exact) mass is 322 g/mol. The number of para-hydroxylation sites is 1. The van der Waals surface area contributed by atoms with E-state index in [-0.39, 0.29) is 5.82 Å². The van der Waals surface area contributed by atoms with E-state index in [4.69, 9.17) is 10.8 Å². The zero-order chi connectivity index (χ0) is 16.7. The molecule has 24 heavy (non-hydrogen) atoms. The molecule has 1 aromatic heterocycles. The highest BCUT2D eigenvalue weighted by Crippen LogP contribution is 2.32. The Morgan fingerprint density at radius 3 is 2.58 bits per heavy atom. The van der Waals surface area contributed by atoms with Gasteiger partial charge in [0, 0.05) is 36.3 Å². The summed E-state index contributed by atoms with van der Waals surface area (Å²) < 4.78 is 16.1. The second kappa shape index (κ2) is 5.76. The van der Waals surface area contributed by atoms with Crippen LogP contribution in [0.5, 0.6) is 0 Å². The maximum Gasteiger partial charge on any atom is 0.148 e. The third-order valence-electron chi connectivity index (χ3n) is 4.51. The molecular formula is C19H19FN4. The Kier molecular flexibility index (Phi) is 3.58. The van der Waals surface area contributed by atoms with E-state index in [0.29, 0.717) is 5.69 Å². The van der Waals surface area contributed by atoms with Gasteiger partial charge in [0.25, 0.3) is 0 Å². The average Bonchev–Trinajstić information content (AvgIpc) is 2.94. The minimum atomic E-state index is -0.259. The van der Waals surface area contributed by atoms with Crippen LogP contribution in [0.3, 0.4) is 0 Å². The lowest BCUT2D eigenvalue weighted by Gasteiger charge is -2.23. The van der Waals surface area contributed by atoms with Crippen molar-refractivity contribution in [3.8, 4) is 16.9 Å². The first-order valence-electron chi connectivity index (χ1n) is 8.03. The largest absolute Gasteiger partial charge is 0.399 e. The van der Waals surface area contributed by atoms with Crippen LogP contribution in [0.2, 0.25) is 0 Å². The highest BCUT2D eigenvalue weighted by atomic mass is 19.1. The van der Waals surface area contributed by atoms with E-state index >= 15 is 0 Å². The van der Waals surface area contributed by atoms with Crippen LogP contribution < -0.4 is 5.73 Å². The lowest BCUT2D eigenvalue weighted by molar-refractivity contribution is 0.310. The van der Waals surface area contributed by atoms with E-state index in [1.165, 1.54) is 6.07 Å². The van der Waals surface area contributed by atoms with E-state index in [0.717, 1.165) is 47.7 Å². The third kappa shape index (κ3) is 2.47. The molecule has 4 rings (SSSR count). The van der Waals surface area contributed by atoms with E-state index in [1.54, 1.807) is 16.8 Å². The van der Waals surface area contributed by atoms with Crippen molar-refractivity contribution in [3.63, 3.8) is 0 Å². The molecule has 0 saturated heterocycles. The predicted molar refractivity (Wildman–Crippen MR) is 93.4 cm³/mol. The summed E-state index contributed by atoms with van der Waals surface area (Å²) in [7, 11) is 2.09. The Morgan fingerprint density at radius 1 is 1.08 bits per heavy atom. The van der Waals surface area contributed by atoms with Crippen LogP contribution in [0.4, 0.5) is 10.1 Å². The number of halogens is 1. The molecule has 0 spiro atoms. The van der Waals surface area contributed by atoms with Crippen LogP contribution in [-0.4, -0.2) is 28.3 Å². The van der Waals surface area contributed by atoms with E-state index in [2.05, 4.69) is 11.9 Å². The Bertz CT molecular complexity index is 883. The summed E-state index contributed by atoms with van der Waals surface area (Å²) in [4.78, 5) is 2.26.